The van der Waals surface area contributed by atoms with Crippen LogP contribution in [0.1, 0.15) is 41.2 Å². The summed E-state index contributed by atoms with van der Waals surface area (Å²) >= 11 is 0. The zero-order valence-corrected chi connectivity index (χ0v) is 15.7. The van der Waals surface area contributed by atoms with Gasteiger partial charge in [0, 0.05) is 18.7 Å². The van der Waals surface area contributed by atoms with E-state index in [0.717, 1.165) is 11.1 Å². The molecule has 0 atom stereocenters. The van der Waals surface area contributed by atoms with Gasteiger partial charge in [0.1, 0.15) is 11.4 Å². The van der Waals surface area contributed by atoms with Gasteiger partial charge in [-0.25, -0.2) is 0 Å². The van der Waals surface area contributed by atoms with Crippen molar-refractivity contribution in [1.82, 2.24) is 14.7 Å². The van der Waals surface area contributed by atoms with Crippen LogP contribution in [0.25, 0.3) is 0 Å². The lowest BCUT2D eigenvalue weighted by atomic mass is 10.1. The molecule has 26 heavy (non-hydrogen) atoms. The summed E-state index contributed by atoms with van der Waals surface area (Å²) in [7, 11) is 0. The zero-order valence-electron chi connectivity index (χ0n) is 15.7. The molecule has 0 aliphatic heterocycles. The van der Waals surface area contributed by atoms with Gasteiger partial charge in [-0.1, -0.05) is 24.3 Å². The highest BCUT2D eigenvalue weighted by Crippen LogP contribution is 2.22. The van der Waals surface area contributed by atoms with Crippen molar-refractivity contribution in [3.8, 4) is 0 Å². The quantitative estimate of drug-likeness (QED) is 0.432. The second-order valence-electron chi connectivity index (χ2n) is 6.41. The number of likely N-dealkylation sites (N-methyl/N-ethyl adjacent to an activating group) is 1. The topological polar surface area (TPSA) is 81.3 Å². The van der Waals surface area contributed by atoms with Crippen molar-refractivity contribution in [2.24, 2.45) is 0 Å². The molecule has 0 saturated heterocycles. The molecule has 0 radical (unpaired) electrons. The number of rotatable bonds is 7. The molecular weight excluding hydrogens is 332 g/mol. The first kappa shape index (κ1) is 19.4. The van der Waals surface area contributed by atoms with Gasteiger partial charge in [-0.15, -0.1) is 0 Å². The predicted octanol–water partition coefficient (Wildman–Crippen LogP) is 3.49. The summed E-state index contributed by atoms with van der Waals surface area (Å²) in [5.41, 5.74) is 3.43. The Morgan fingerprint density at radius 3 is 2.38 bits per heavy atom. The minimum Gasteiger partial charge on any atom is -0.335 e. The molecule has 0 unspecified atom stereocenters. The Hall–Kier alpha value is -2.96. The predicted molar refractivity (Wildman–Crippen MR) is 100 cm³/mol. The van der Waals surface area contributed by atoms with Crippen LogP contribution >= 0.6 is 0 Å². The first-order valence-corrected chi connectivity index (χ1v) is 8.45. The molecule has 7 heteroatoms. The highest BCUT2D eigenvalue weighted by molar-refractivity contribution is 5.94. The van der Waals surface area contributed by atoms with Gasteiger partial charge < -0.3 is 4.90 Å². The standard InChI is InChI=1S/C19H24N4O3/c1-6-21(11-13(2)3)19(24)17-9-7-16(8-10-17)12-22-15(5)18(23(25)26)14(4)20-22/h7-10H,2,6,11-12H2,1,3-5H3. The number of carbonyl (C=O) groups excluding carboxylic acids is 1. The lowest BCUT2D eigenvalue weighted by Crippen LogP contribution is -2.32. The maximum atomic E-state index is 12.6. The highest BCUT2D eigenvalue weighted by atomic mass is 16.6. The summed E-state index contributed by atoms with van der Waals surface area (Å²) in [5, 5.41) is 15.3. The summed E-state index contributed by atoms with van der Waals surface area (Å²) < 4.78 is 1.61. The fourth-order valence-corrected chi connectivity index (χ4v) is 2.87. The van der Waals surface area contributed by atoms with Crippen LogP contribution in [0.4, 0.5) is 5.69 Å². The molecular formula is C19H24N4O3. The van der Waals surface area contributed by atoms with Gasteiger partial charge >= 0.3 is 5.69 Å². The lowest BCUT2D eigenvalue weighted by molar-refractivity contribution is -0.386. The molecule has 0 aliphatic rings. The number of aromatic nitrogens is 2. The number of amides is 1. The van der Waals surface area contributed by atoms with Crippen LogP contribution < -0.4 is 0 Å². The monoisotopic (exact) mass is 356 g/mol. The molecule has 1 aromatic carbocycles. The smallest absolute Gasteiger partial charge is 0.312 e. The van der Waals surface area contributed by atoms with E-state index in [9.17, 15) is 14.9 Å². The van der Waals surface area contributed by atoms with E-state index in [1.54, 1.807) is 35.6 Å². The summed E-state index contributed by atoms with van der Waals surface area (Å²) in [4.78, 5) is 25.0. The molecule has 0 fully saturated rings. The number of hydrogen-bond acceptors (Lipinski definition) is 4. The molecule has 1 aromatic heterocycles. The summed E-state index contributed by atoms with van der Waals surface area (Å²) in [5.74, 6) is -0.0381. The van der Waals surface area contributed by atoms with Crippen LogP contribution in [0.3, 0.4) is 0 Å². The molecule has 0 aliphatic carbocycles. The summed E-state index contributed by atoms with van der Waals surface area (Å²) in [6, 6.07) is 7.26. The Labute approximate surface area is 153 Å². The first-order valence-electron chi connectivity index (χ1n) is 8.45. The molecule has 1 amide bonds. The van der Waals surface area contributed by atoms with Gasteiger partial charge in [-0.3, -0.25) is 19.6 Å². The number of hydrogen-bond donors (Lipinski definition) is 0. The van der Waals surface area contributed by atoms with Gasteiger partial charge in [0.05, 0.1) is 11.5 Å². The minimum absolute atomic E-state index is 0.0381. The van der Waals surface area contributed by atoms with Crippen molar-refractivity contribution in [2.45, 2.75) is 34.2 Å². The first-order chi connectivity index (χ1) is 12.2. The normalized spacial score (nSPS) is 10.6. The van der Waals surface area contributed by atoms with Crippen LogP contribution in [-0.2, 0) is 6.54 Å². The largest absolute Gasteiger partial charge is 0.335 e. The Bertz CT molecular complexity index is 837. The Morgan fingerprint density at radius 2 is 1.92 bits per heavy atom. The van der Waals surface area contributed by atoms with E-state index in [-0.39, 0.29) is 11.6 Å². The number of benzene rings is 1. The van der Waals surface area contributed by atoms with Gasteiger partial charge in [0.25, 0.3) is 5.91 Å². The lowest BCUT2D eigenvalue weighted by Gasteiger charge is -2.21. The van der Waals surface area contributed by atoms with Crippen LogP contribution in [0.2, 0.25) is 0 Å². The van der Waals surface area contributed by atoms with E-state index >= 15 is 0 Å². The highest BCUT2D eigenvalue weighted by Gasteiger charge is 2.21. The van der Waals surface area contributed by atoms with E-state index in [2.05, 4.69) is 11.7 Å². The average molecular weight is 356 g/mol. The third-order valence-corrected chi connectivity index (χ3v) is 4.19. The van der Waals surface area contributed by atoms with Crippen molar-refractivity contribution < 1.29 is 9.72 Å². The van der Waals surface area contributed by atoms with Gasteiger partial charge in [-0.2, -0.15) is 5.10 Å². The van der Waals surface area contributed by atoms with E-state index in [1.165, 1.54) is 0 Å². The SMILES string of the molecule is C=C(C)CN(CC)C(=O)c1ccc(Cn2nc(C)c([N+](=O)[O-])c2C)cc1. The van der Waals surface area contributed by atoms with Crippen molar-refractivity contribution in [3.63, 3.8) is 0 Å². The molecule has 0 N–H and O–H groups in total. The van der Waals surface area contributed by atoms with Gasteiger partial charge in [0.2, 0.25) is 0 Å². The van der Waals surface area contributed by atoms with Crippen LogP contribution in [0.15, 0.2) is 36.4 Å². The van der Waals surface area contributed by atoms with Gasteiger partial charge in [0.15, 0.2) is 0 Å². The van der Waals surface area contributed by atoms with Crippen LogP contribution in [0.5, 0.6) is 0 Å². The molecule has 0 bridgehead atoms. The maximum Gasteiger partial charge on any atom is 0.312 e. The van der Waals surface area contributed by atoms with E-state index in [1.807, 2.05) is 26.0 Å². The van der Waals surface area contributed by atoms with E-state index in [0.29, 0.717) is 36.6 Å². The number of nitrogens with zero attached hydrogens (tertiary/aromatic N) is 4. The molecule has 7 nitrogen and oxygen atoms in total. The third kappa shape index (κ3) is 4.17. The Morgan fingerprint density at radius 1 is 1.31 bits per heavy atom. The number of nitro groups is 1. The third-order valence-electron chi connectivity index (χ3n) is 4.19. The Kier molecular flexibility index (Phi) is 5.92. The van der Waals surface area contributed by atoms with E-state index < -0.39 is 4.92 Å². The minimum atomic E-state index is -0.406. The number of carbonyl (C=O) groups is 1. The molecule has 2 rings (SSSR count). The fourth-order valence-electron chi connectivity index (χ4n) is 2.87. The van der Waals surface area contributed by atoms with Crippen LogP contribution in [0, 0.1) is 24.0 Å². The molecule has 1 heterocycles. The second kappa shape index (κ2) is 7.95. The van der Waals surface area contributed by atoms with Crippen molar-refractivity contribution in [2.75, 3.05) is 13.1 Å². The summed E-state index contributed by atoms with van der Waals surface area (Å²) in [6.45, 7) is 12.6. The Balaban J connectivity index is 2.18. The molecule has 0 saturated carbocycles. The van der Waals surface area contributed by atoms with Crippen molar-refractivity contribution in [1.29, 1.82) is 0 Å². The molecule has 0 spiro atoms. The van der Waals surface area contributed by atoms with Crippen molar-refractivity contribution in [3.05, 3.63) is 69.0 Å². The fraction of sp³-hybridized carbons (Fsp3) is 0.368. The van der Waals surface area contributed by atoms with Crippen molar-refractivity contribution >= 4 is 11.6 Å². The van der Waals surface area contributed by atoms with Crippen LogP contribution in [-0.4, -0.2) is 38.6 Å². The van der Waals surface area contributed by atoms with E-state index in [4.69, 9.17) is 0 Å². The molecule has 138 valence electrons. The molecule has 2 aromatic rings. The number of aryl methyl sites for hydroxylation is 1. The second-order valence-corrected chi connectivity index (χ2v) is 6.41. The average Bonchev–Trinajstić information content (AvgIpc) is 2.86. The maximum absolute atomic E-state index is 12.6. The zero-order chi connectivity index (χ0) is 19.4. The van der Waals surface area contributed by atoms with Gasteiger partial charge in [-0.05, 0) is 45.4 Å². The summed E-state index contributed by atoms with van der Waals surface area (Å²) in [6.07, 6.45) is 0.